The fourth-order valence-corrected chi connectivity index (χ4v) is 7.92. The lowest BCUT2D eigenvalue weighted by Crippen LogP contribution is -2.63. The summed E-state index contributed by atoms with van der Waals surface area (Å²) in [6, 6.07) is 54.1. The Labute approximate surface area is 257 Å². The van der Waals surface area contributed by atoms with Gasteiger partial charge in [-0.05, 0) is 99.4 Å². The second-order valence-electron chi connectivity index (χ2n) is 12.2. The van der Waals surface area contributed by atoms with Gasteiger partial charge in [-0.25, -0.2) is 0 Å². The summed E-state index contributed by atoms with van der Waals surface area (Å²) in [7, 11) is 0. The number of anilines is 5. The molecule has 0 aromatic heterocycles. The predicted molar refractivity (Wildman–Crippen MR) is 187 cm³/mol. The average Bonchev–Trinajstić information content (AvgIpc) is 3.08. The van der Waals surface area contributed by atoms with Gasteiger partial charge in [0.05, 0.1) is 0 Å². The van der Waals surface area contributed by atoms with Crippen LogP contribution in [0.1, 0.15) is 5.56 Å². The summed E-state index contributed by atoms with van der Waals surface area (Å²) in [6.07, 6.45) is 0. The van der Waals surface area contributed by atoms with E-state index in [1.54, 1.807) is 0 Å². The molecule has 3 heterocycles. The van der Waals surface area contributed by atoms with Crippen molar-refractivity contribution in [2.75, 3.05) is 9.71 Å². The monoisotopic (exact) mass is 558 g/mol. The Kier molecular flexibility index (Phi) is 4.76. The van der Waals surface area contributed by atoms with Crippen molar-refractivity contribution in [2.24, 2.45) is 0 Å². The zero-order valence-electron chi connectivity index (χ0n) is 24.3. The molecule has 204 valence electrons. The molecule has 0 amide bonds. The Morgan fingerprint density at radius 2 is 1.09 bits per heavy atom. The van der Waals surface area contributed by atoms with Crippen LogP contribution >= 0.6 is 0 Å². The summed E-state index contributed by atoms with van der Waals surface area (Å²) >= 11 is 0. The topological polar surface area (TPSA) is 6.48 Å². The number of hydrogen-bond acceptors (Lipinski definition) is 2. The molecule has 0 saturated carbocycles. The minimum absolute atomic E-state index is 0.0920. The number of fused-ring (bicyclic) bond motifs is 7. The van der Waals surface area contributed by atoms with E-state index in [-0.39, 0.29) is 6.85 Å². The number of hydrogen-bond donors (Lipinski definition) is 0. The maximum Gasteiger partial charge on any atom is 0.333 e. The van der Waals surface area contributed by atoms with Gasteiger partial charge < -0.3 is 9.71 Å². The number of nitrogens with zero attached hydrogens (tertiary/aromatic N) is 2. The molecule has 7 aromatic carbocycles. The largest absolute Gasteiger partial charge is 0.376 e. The smallest absolute Gasteiger partial charge is 0.333 e. The Morgan fingerprint density at radius 3 is 1.84 bits per heavy atom. The lowest BCUT2D eigenvalue weighted by molar-refractivity contribution is 1.26. The van der Waals surface area contributed by atoms with Crippen LogP contribution in [-0.4, -0.2) is 6.85 Å². The molecule has 0 saturated heterocycles. The maximum absolute atomic E-state index is 2.62. The second-order valence-corrected chi connectivity index (χ2v) is 12.2. The number of rotatable bonds is 2. The minimum atomic E-state index is 0.0920. The molecule has 3 heteroatoms. The standard InChI is InChI=1S/C41H27BN2/c1-26-17-21-36-34(23-26)32-13-7-15-38-40(32)42-41-33(35-25-30(19-22-37(35)44(36)42)27-9-3-2-4-10-27)14-8-16-39(41)43(38)31-20-18-28-11-5-6-12-29(28)24-31/h2-25H,1H3. The van der Waals surface area contributed by atoms with Crippen LogP contribution in [0.2, 0.25) is 0 Å². The van der Waals surface area contributed by atoms with Crippen LogP contribution in [0.15, 0.2) is 146 Å². The molecular formula is C41H27BN2. The maximum atomic E-state index is 2.62. The first-order valence-corrected chi connectivity index (χ1v) is 15.4. The van der Waals surface area contributed by atoms with Gasteiger partial charge in [-0.1, -0.05) is 103 Å². The van der Waals surface area contributed by atoms with Crippen LogP contribution < -0.4 is 20.6 Å². The molecule has 0 unspecified atom stereocenters. The third-order valence-corrected chi connectivity index (χ3v) is 9.80. The Hall–Kier alpha value is -5.54. The van der Waals surface area contributed by atoms with E-state index in [2.05, 4.69) is 162 Å². The molecule has 2 nitrogen and oxygen atoms in total. The average molecular weight is 558 g/mol. The van der Waals surface area contributed by atoms with E-state index >= 15 is 0 Å². The molecule has 0 N–H and O–H groups in total. The second kappa shape index (κ2) is 8.75. The van der Waals surface area contributed by atoms with E-state index < -0.39 is 0 Å². The van der Waals surface area contributed by atoms with Gasteiger partial charge in [0.2, 0.25) is 0 Å². The molecule has 0 aliphatic carbocycles. The van der Waals surface area contributed by atoms with Crippen LogP contribution in [0.25, 0.3) is 44.2 Å². The van der Waals surface area contributed by atoms with Crippen LogP contribution in [-0.2, 0) is 0 Å². The summed E-state index contributed by atoms with van der Waals surface area (Å²) in [4.78, 5) is 5.12. The van der Waals surface area contributed by atoms with E-state index in [0.29, 0.717) is 0 Å². The molecule has 0 atom stereocenters. The van der Waals surface area contributed by atoms with Gasteiger partial charge in [0.1, 0.15) is 0 Å². The van der Waals surface area contributed by atoms with Crippen LogP contribution in [0.4, 0.5) is 28.4 Å². The molecule has 7 aromatic rings. The summed E-state index contributed by atoms with van der Waals surface area (Å²) in [5, 5.41) is 2.51. The molecule has 0 spiro atoms. The van der Waals surface area contributed by atoms with Gasteiger partial charge in [0.25, 0.3) is 0 Å². The first kappa shape index (κ1) is 24.0. The Bertz CT molecular complexity index is 2320. The SMILES string of the molecule is Cc1ccc2c(c1)-c1cccc3c1B1c4c(cccc4N3c3ccc4ccccc4c3)-c3cc(-c4ccccc4)ccc3N12. The normalized spacial score (nSPS) is 13.4. The van der Waals surface area contributed by atoms with E-state index in [1.165, 1.54) is 89.1 Å². The lowest BCUT2D eigenvalue weighted by Gasteiger charge is -2.49. The van der Waals surface area contributed by atoms with Crippen molar-refractivity contribution in [3.05, 3.63) is 151 Å². The molecule has 0 fully saturated rings. The minimum Gasteiger partial charge on any atom is -0.376 e. The zero-order valence-corrected chi connectivity index (χ0v) is 24.3. The fourth-order valence-electron chi connectivity index (χ4n) is 7.92. The fraction of sp³-hybridized carbons (Fsp3) is 0.0244. The van der Waals surface area contributed by atoms with Crippen molar-refractivity contribution in [3.8, 4) is 33.4 Å². The van der Waals surface area contributed by atoms with Crippen LogP contribution in [0.5, 0.6) is 0 Å². The quantitative estimate of drug-likeness (QED) is 0.195. The van der Waals surface area contributed by atoms with Crippen LogP contribution in [0, 0.1) is 6.92 Å². The zero-order chi connectivity index (χ0) is 28.9. The van der Waals surface area contributed by atoms with E-state index in [4.69, 9.17) is 0 Å². The van der Waals surface area contributed by atoms with Gasteiger partial charge in [-0.3, -0.25) is 0 Å². The van der Waals surface area contributed by atoms with Crippen molar-refractivity contribution < 1.29 is 0 Å². The summed E-state index contributed by atoms with van der Waals surface area (Å²) in [5.74, 6) is 0. The Morgan fingerprint density at radius 1 is 0.432 bits per heavy atom. The predicted octanol–water partition coefficient (Wildman–Crippen LogP) is 9.50. The highest BCUT2D eigenvalue weighted by atomic mass is 15.2. The molecule has 3 aliphatic heterocycles. The highest BCUT2D eigenvalue weighted by molar-refractivity contribution is 6.95. The van der Waals surface area contributed by atoms with Gasteiger partial charge in [-0.2, -0.15) is 0 Å². The van der Waals surface area contributed by atoms with Crippen molar-refractivity contribution >= 4 is 57.0 Å². The lowest BCUT2D eigenvalue weighted by atomic mass is 9.41. The first-order valence-electron chi connectivity index (χ1n) is 15.4. The summed E-state index contributed by atoms with van der Waals surface area (Å²) in [6.45, 7) is 2.29. The third kappa shape index (κ3) is 3.16. The molecule has 0 radical (unpaired) electrons. The highest BCUT2D eigenvalue weighted by Gasteiger charge is 2.48. The third-order valence-electron chi connectivity index (χ3n) is 9.80. The number of benzene rings is 7. The van der Waals surface area contributed by atoms with Gasteiger partial charge in [0.15, 0.2) is 0 Å². The van der Waals surface area contributed by atoms with Crippen molar-refractivity contribution in [2.45, 2.75) is 6.92 Å². The van der Waals surface area contributed by atoms with Gasteiger partial charge in [-0.15, -0.1) is 0 Å². The molecule has 0 bridgehead atoms. The highest BCUT2D eigenvalue weighted by Crippen LogP contribution is 2.52. The first-order chi connectivity index (χ1) is 21.7. The van der Waals surface area contributed by atoms with Crippen molar-refractivity contribution in [1.29, 1.82) is 0 Å². The van der Waals surface area contributed by atoms with E-state index in [0.717, 1.165) is 0 Å². The molecular weight excluding hydrogens is 531 g/mol. The molecule has 44 heavy (non-hydrogen) atoms. The van der Waals surface area contributed by atoms with Gasteiger partial charge in [0, 0.05) is 39.6 Å². The van der Waals surface area contributed by atoms with Crippen molar-refractivity contribution in [1.82, 2.24) is 0 Å². The van der Waals surface area contributed by atoms with Gasteiger partial charge >= 0.3 is 6.85 Å². The molecule has 3 aliphatic rings. The van der Waals surface area contributed by atoms with Crippen LogP contribution in [0.3, 0.4) is 0 Å². The molecule has 10 rings (SSSR count). The van der Waals surface area contributed by atoms with E-state index in [9.17, 15) is 0 Å². The number of aryl methyl sites for hydroxylation is 1. The summed E-state index contributed by atoms with van der Waals surface area (Å²) in [5.41, 5.74) is 18.0. The van der Waals surface area contributed by atoms with Crippen molar-refractivity contribution in [3.63, 3.8) is 0 Å². The Balaban J connectivity index is 1.32. The van der Waals surface area contributed by atoms with E-state index in [1.807, 2.05) is 0 Å². The summed E-state index contributed by atoms with van der Waals surface area (Å²) < 4.78 is 0.